The van der Waals surface area contributed by atoms with Crippen LogP contribution in [0.2, 0.25) is 0 Å². The average Bonchev–Trinajstić information content (AvgIpc) is 2.04. The molecule has 0 aromatic carbocycles. The SMILES string of the molecule is NC1C(=O)CCCCC1Br. The van der Waals surface area contributed by atoms with Gasteiger partial charge >= 0.3 is 0 Å². The molecule has 10 heavy (non-hydrogen) atoms. The van der Waals surface area contributed by atoms with Crippen LogP contribution in [0.1, 0.15) is 25.7 Å². The minimum absolute atomic E-state index is 0.208. The van der Waals surface area contributed by atoms with Gasteiger partial charge in [0.25, 0.3) is 0 Å². The van der Waals surface area contributed by atoms with E-state index in [4.69, 9.17) is 5.73 Å². The molecule has 3 heteroatoms. The van der Waals surface area contributed by atoms with Gasteiger partial charge in [0.05, 0.1) is 6.04 Å². The minimum Gasteiger partial charge on any atom is -0.321 e. The first-order valence-electron chi connectivity index (χ1n) is 3.64. The van der Waals surface area contributed by atoms with E-state index in [9.17, 15) is 4.79 Å². The summed E-state index contributed by atoms with van der Waals surface area (Å²) < 4.78 is 0. The lowest BCUT2D eigenvalue weighted by molar-refractivity contribution is -0.119. The summed E-state index contributed by atoms with van der Waals surface area (Å²) >= 11 is 3.40. The van der Waals surface area contributed by atoms with Crippen molar-refractivity contribution in [3.8, 4) is 0 Å². The second-order valence-corrected chi connectivity index (χ2v) is 3.93. The molecule has 1 rings (SSSR count). The van der Waals surface area contributed by atoms with Gasteiger partial charge in [0.1, 0.15) is 0 Å². The standard InChI is InChI=1S/C7H12BrNO/c8-5-3-1-2-4-6(10)7(5)9/h5,7H,1-4,9H2. The highest BCUT2D eigenvalue weighted by Crippen LogP contribution is 2.19. The summed E-state index contributed by atoms with van der Waals surface area (Å²) in [6, 6.07) is -0.262. The smallest absolute Gasteiger partial charge is 0.150 e. The molecular formula is C7H12BrNO. The Kier molecular flexibility index (Phi) is 2.86. The molecule has 1 aliphatic rings. The molecule has 0 radical (unpaired) electrons. The number of carbonyl (C=O) groups excluding carboxylic acids is 1. The Balaban J connectivity index is 2.55. The van der Waals surface area contributed by atoms with E-state index in [1.165, 1.54) is 0 Å². The molecule has 0 aromatic rings. The fourth-order valence-electron chi connectivity index (χ4n) is 1.19. The van der Waals surface area contributed by atoms with Gasteiger partial charge in [-0.1, -0.05) is 22.4 Å². The van der Waals surface area contributed by atoms with E-state index in [1.54, 1.807) is 0 Å². The van der Waals surface area contributed by atoms with Gasteiger partial charge in [-0.15, -0.1) is 0 Å². The van der Waals surface area contributed by atoms with Crippen LogP contribution in [-0.2, 0) is 4.79 Å². The maximum Gasteiger partial charge on any atom is 0.150 e. The van der Waals surface area contributed by atoms with Crippen LogP contribution in [0.3, 0.4) is 0 Å². The first-order valence-corrected chi connectivity index (χ1v) is 4.56. The predicted octanol–water partition coefficient (Wildman–Crippen LogP) is 1.22. The zero-order valence-electron chi connectivity index (χ0n) is 5.85. The molecule has 1 fully saturated rings. The van der Waals surface area contributed by atoms with Crippen molar-refractivity contribution in [2.24, 2.45) is 5.73 Å². The lowest BCUT2D eigenvalue weighted by atomic mass is 10.1. The topological polar surface area (TPSA) is 43.1 Å². The molecule has 0 bridgehead atoms. The Morgan fingerprint density at radius 3 is 2.90 bits per heavy atom. The van der Waals surface area contributed by atoms with Crippen LogP contribution >= 0.6 is 15.9 Å². The molecule has 2 unspecified atom stereocenters. The van der Waals surface area contributed by atoms with Crippen LogP contribution in [0.4, 0.5) is 0 Å². The van der Waals surface area contributed by atoms with Crippen molar-refractivity contribution in [2.45, 2.75) is 36.6 Å². The van der Waals surface area contributed by atoms with E-state index in [-0.39, 0.29) is 16.7 Å². The van der Waals surface area contributed by atoms with Gasteiger partial charge in [-0.3, -0.25) is 4.79 Å². The Labute approximate surface area is 69.3 Å². The van der Waals surface area contributed by atoms with Gasteiger partial charge in [0, 0.05) is 11.2 Å². The van der Waals surface area contributed by atoms with Gasteiger partial charge in [-0.05, 0) is 12.8 Å². The molecular weight excluding hydrogens is 194 g/mol. The summed E-state index contributed by atoms with van der Waals surface area (Å²) in [6.07, 6.45) is 3.83. The molecule has 2 N–H and O–H groups in total. The van der Waals surface area contributed by atoms with Gasteiger partial charge in [0.15, 0.2) is 5.78 Å². The van der Waals surface area contributed by atoms with Crippen molar-refractivity contribution in [1.82, 2.24) is 0 Å². The Hall–Kier alpha value is 0.110. The maximum atomic E-state index is 11.1. The molecule has 2 atom stereocenters. The second kappa shape index (κ2) is 3.49. The van der Waals surface area contributed by atoms with Gasteiger partial charge in [0.2, 0.25) is 0 Å². The Morgan fingerprint density at radius 2 is 2.20 bits per heavy atom. The molecule has 58 valence electrons. The summed E-state index contributed by atoms with van der Waals surface area (Å²) in [5.41, 5.74) is 5.63. The number of carbonyl (C=O) groups is 1. The number of nitrogens with two attached hydrogens (primary N) is 1. The van der Waals surface area contributed by atoms with Crippen LogP contribution in [-0.4, -0.2) is 16.7 Å². The number of rotatable bonds is 0. The fraction of sp³-hybridized carbons (Fsp3) is 0.857. The highest BCUT2D eigenvalue weighted by molar-refractivity contribution is 9.09. The highest BCUT2D eigenvalue weighted by atomic mass is 79.9. The van der Waals surface area contributed by atoms with Crippen molar-refractivity contribution in [3.05, 3.63) is 0 Å². The van der Waals surface area contributed by atoms with E-state index in [0.717, 1.165) is 19.3 Å². The molecule has 0 saturated heterocycles. The third kappa shape index (κ3) is 1.80. The molecule has 1 aliphatic carbocycles. The van der Waals surface area contributed by atoms with Crippen molar-refractivity contribution >= 4 is 21.7 Å². The monoisotopic (exact) mass is 205 g/mol. The highest BCUT2D eigenvalue weighted by Gasteiger charge is 2.23. The number of alkyl halides is 1. The van der Waals surface area contributed by atoms with Crippen LogP contribution in [0.5, 0.6) is 0 Å². The van der Waals surface area contributed by atoms with Crippen LogP contribution < -0.4 is 5.73 Å². The van der Waals surface area contributed by atoms with Gasteiger partial charge in [-0.25, -0.2) is 0 Å². The molecule has 0 amide bonds. The number of halogens is 1. The van der Waals surface area contributed by atoms with Crippen molar-refractivity contribution < 1.29 is 4.79 Å². The zero-order chi connectivity index (χ0) is 7.56. The van der Waals surface area contributed by atoms with Gasteiger partial charge < -0.3 is 5.73 Å². The number of hydrogen-bond acceptors (Lipinski definition) is 2. The van der Waals surface area contributed by atoms with E-state index in [0.29, 0.717) is 6.42 Å². The molecule has 0 aliphatic heterocycles. The lowest BCUT2D eigenvalue weighted by Gasteiger charge is -2.11. The Bertz CT molecular complexity index is 138. The normalized spacial score (nSPS) is 35.6. The Morgan fingerprint density at radius 1 is 1.50 bits per heavy atom. The van der Waals surface area contributed by atoms with E-state index < -0.39 is 0 Å². The van der Waals surface area contributed by atoms with Crippen molar-refractivity contribution in [2.75, 3.05) is 0 Å². The number of ketones is 1. The van der Waals surface area contributed by atoms with Crippen molar-refractivity contribution in [1.29, 1.82) is 0 Å². The molecule has 1 saturated carbocycles. The number of hydrogen-bond donors (Lipinski definition) is 1. The van der Waals surface area contributed by atoms with E-state index in [1.807, 2.05) is 0 Å². The molecule has 2 nitrogen and oxygen atoms in total. The summed E-state index contributed by atoms with van der Waals surface area (Å²) in [5.74, 6) is 0.208. The third-order valence-corrected chi connectivity index (χ3v) is 2.94. The minimum atomic E-state index is -0.262. The largest absolute Gasteiger partial charge is 0.321 e. The predicted molar refractivity (Wildman–Crippen MR) is 44.2 cm³/mol. The maximum absolute atomic E-state index is 11.1. The lowest BCUT2D eigenvalue weighted by Crippen LogP contribution is -2.37. The van der Waals surface area contributed by atoms with Crippen LogP contribution in [0.25, 0.3) is 0 Å². The first kappa shape index (κ1) is 8.21. The number of Topliss-reactive ketones (excluding diaryl/α,β-unsaturated/α-hetero) is 1. The first-order chi connectivity index (χ1) is 4.72. The van der Waals surface area contributed by atoms with Crippen molar-refractivity contribution in [3.63, 3.8) is 0 Å². The van der Waals surface area contributed by atoms with Crippen LogP contribution in [0.15, 0.2) is 0 Å². The molecule has 0 aromatic heterocycles. The summed E-state index contributed by atoms with van der Waals surface area (Å²) in [5, 5.41) is 0. The zero-order valence-corrected chi connectivity index (χ0v) is 7.43. The summed E-state index contributed by atoms with van der Waals surface area (Å²) in [7, 11) is 0. The van der Waals surface area contributed by atoms with Crippen LogP contribution in [0, 0.1) is 0 Å². The van der Waals surface area contributed by atoms with E-state index in [2.05, 4.69) is 15.9 Å². The van der Waals surface area contributed by atoms with Gasteiger partial charge in [-0.2, -0.15) is 0 Å². The second-order valence-electron chi connectivity index (χ2n) is 2.75. The quantitative estimate of drug-likeness (QED) is 0.478. The molecule has 0 spiro atoms. The molecule has 0 heterocycles. The summed E-state index contributed by atoms with van der Waals surface area (Å²) in [6.45, 7) is 0. The summed E-state index contributed by atoms with van der Waals surface area (Å²) in [4.78, 5) is 11.3. The fourth-order valence-corrected chi connectivity index (χ4v) is 1.81. The van der Waals surface area contributed by atoms with E-state index >= 15 is 0 Å². The average molecular weight is 206 g/mol. The third-order valence-electron chi connectivity index (χ3n) is 1.91.